The Bertz CT molecular complexity index is 963. The molecular formula is C19H20N6O. The van der Waals surface area contributed by atoms with E-state index in [-0.39, 0.29) is 11.9 Å². The van der Waals surface area contributed by atoms with Crippen molar-refractivity contribution in [3.8, 4) is 0 Å². The molecule has 0 bridgehead atoms. The third-order valence-electron chi connectivity index (χ3n) is 4.42. The molecule has 0 aliphatic carbocycles. The van der Waals surface area contributed by atoms with Crippen molar-refractivity contribution in [2.24, 2.45) is 0 Å². The Morgan fingerprint density at radius 2 is 2.27 bits per heavy atom. The number of carbonyl (C=O) groups excluding carboxylic acids is 1. The number of aryl methyl sites for hydroxylation is 1. The van der Waals surface area contributed by atoms with Gasteiger partial charge in [-0.15, -0.1) is 5.10 Å². The number of nitrogens with zero attached hydrogens (tertiary/aromatic N) is 5. The highest BCUT2D eigenvalue weighted by atomic mass is 16.2. The number of carbonyl (C=O) groups is 1. The highest BCUT2D eigenvalue weighted by molar-refractivity contribution is 5.92. The summed E-state index contributed by atoms with van der Waals surface area (Å²) in [5, 5.41) is 7.87. The van der Waals surface area contributed by atoms with Gasteiger partial charge in [-0.3, -0.25) is 9.78 Å². The zero-order chi connectivity index (χ0) is 17.9. The number of pyridine rings is 1. The fraction of sp³-hybridized carbons (Fsp3) is 0.263. The fourth-order valence-corrected chi connectivity index (χ4v) is 3.12. The van der Waals surface area contributed by atoms with Crippen LogP contribution in [0, 0.1) is 6.92 Å². The van der Waals surface area contributed by atoms with Gasteiger partial charge >= 0.3 is 0 Å². The monoisotopic (exact) mass is 348 g/mol. The zero-order valence-electron chi connectivity index (χ0n) is 14.5. The predicted octanol–water partition coefficient (Wildman–Crippen LogP) is 2.16. The first-order valence-electron chi connectivity index (χ1n) is 8.63. The van der Waals surface area contributed by atoms with Gasteiger partial charge in [0.15, 0.2) is 5.65 Å². The molecule has 0 radical (unpaired) electrons. The summed E-state index contributed by atoms with van der Waals surface area (Å²) in [5.74, 6) is 0.810. The molecular weight excluding hydrogens is 328 g/mol. The number of nitrogens with one attached hydrogen (secondary N) is 1. The van der Waals surface area contributed by atoms with Crippen LogP contribution in [-0.2, 0) is 4.79 Å². The molecule has 7 heteroatoms. The second-order valence-electron chi connectivity index (χ2n) is 6.49. The van der Waals surface area contributed by atoms with E-state index < -0.39 is 0 Å². The van der Waals surface area contributed by atoms with E-state index in [1.165, 1.54) is 0 Å². The van der Waals surface area contributed by atoms with E-state index >= 15 is 0 Å². The van der Waals surface area contributed by atoms with Gasteiger partial charge in [-0.05, 0) is 48.7 Å². The molecule has 7 nitrogen and oxygen atoms in total. The van der Waals surface area contributed by atoms with Crippen LogP contribution < -0.4 is 5.32 Å². The van der Waals surface area contributed by atoms with Crippen molar-refractivity contribution < 1.29 is 4.79 Å². The van der Waals surface area contributed by atoms with Gasteiger partial charge in [0.05, 0.1) is 0 Å². The number of imidazole rings is 1. The molecule has 1 unspecified atom stereocenters. The van der Waals surface area contributed by atoms with Gasteiger partial charge in [0, 0.05) is 50.0 Å². The molecule has 1 aliphatic rings. The van der Waals surface area contributed by atoms with E-state index in [1.54, 1.807) is 29.2 Å². The normalized spacial score (nSPS) is 17.3. The van der Waals surface area contributed by atoms with Crippen LogP contribution in [0.3, 0.4) is 0 Å². The van der Waals surface area contributed by atoms with Gasteiger partial charge in [0.2, 0.25) is 5.91 Å². The smallest absolute Gasteiger partial charge is 0.246 e. The number of rotatable bonds is 4. The molecule has 1 amide bonds. The van der Waals surface area contributed by atoms with Crippen LogP contribution in [0.5, 0.6) is 0 Å². The summed E-state index contributed by atoms with van der Waals surface area (Å²) in [7, 11) is 0. The first-order chi connectivity index (χ1) is 12.7. The number of amides is 1. The van der Waals surface area contributed by atoms with Crippen LogP contribution in [0.2, 0.25) is 0 Å². The molecule has 0 saturated carbocycles. The van der Waals surface area contributed by atoms with Crippen molar-refractivity contribution in [1.29, 1.82) is 0 Å². The molecule has 1 atom stereocenters. The van der Waals surface area contributed by atoms with Gasteiger partial charge in [-0.2, -0.15) is 0 Å². The first kappa shape index (κ1) is 16.3. The minimum atomic E-state index is 0.0221. The van der Waals surface area contributed by atoms with Crippen LogP contribution in [0.25, 0.3) is 11.7 Å². The molecule has 3 aromatic rings. The van der Waals surface area contributed by atoms with Gasteiger partial charge < -0.3 is 10.2 Å². The van der Waals surface area contributed by atoms with Crippen molar-refractivity contribution in [3.63, 3.8) is 0 Å². The Labute approximate surface area is 151 Å². The number of hydrogen-bond acceptors (Lipinski definition) is 5. The van der Waals surface area contributed by atoms with Gasteiger partial charge in [0.25, 0.3) is 0 Å². The van der Waals surface area contributed by atoms with Crippen molar-refractivity contribution in [1.82, 2.24) is 24.5 Å². The average Bonchev–Trinajstić information content (AvgIpc) is 3.29. The second-order valence-corrected chi connectivity index (χ2v) is 6.49. The summed E-state index contributed by atoms with van der Waals surface area (Å²) in [6.45, 7) is 3.39. The van der Waals surface area contributed by atoms with Crippen molar-refractivity contribution in [2.75, 3.05) is 18.4 Å². The number of anilines is 1. The summed E-state index contributed by atoms with van der Waals surface area (Å²) in [6.07, 6.45) is 11.4. The molecule has 3 aromatic heterocycles. The number of likely N-dealkylation sites (tertiary alicyclic amines) is 1. The highest BCUT2D eigenvalue weighted by Crippen LogP contribution is 2.15. The Morgan fingerprint density at radius 1 is 1.35 bits per heavy atom. The molecule has 0 aromatic carbocycles. The van der Waals surface area contributed by atoms with Crippen molar-refractivity contribution in [3.05, 3.63) is 60.2 Å². The van der Waals surface area contributed by atoms with Gasteiger partial charge in [-0.1, -0.05) is 0 Å². The molecule has 1 saturated heterocycles. The maximum atomic E-state index is 12.4. The minimum Gasteiger partial charge on any atom is -0.364 e. The Hall–Kier alpha value is -3.22. The number of hydrogen-bond donors (Lipinski definition) is 1. The van der Waals surface area contributed by atoms with Crippen molar-refractivity contribution in [2.45, 2.75) is 19.4 Å². The van der Waals surface area contributed by atoms with E-state index in [4.69, 9.17) is 0 Å². The Balaban J connectivity index is 1.36. The highest BCUT2D eigenvalue weighted by Gasteiger charge is 2.25. The molecule has 4 heterocycles. The maximum Gasteiger partial charge on any atom is 0.246 e. The summed E-state index contributed by atoms with van der Waals surface area (Å²) in [5.41, 5.74) is 2.83. The quantitative estimate of drug-likeness (QED) is 0.731. The topological polar surface area (TPSA) is 75.4 Å². The van der Waals surface area contributed by atoms with E-state index in [2.05, 4.69) is 20.4 Å². The van der Waals surface area contributed by atoms with Crippen LogP contribution in [0.1, 0.15) is 17.5 Å². The number of fused-ring (bicyclic) bond motifs is 1. The van der Waals surface area contributed by atoms with Crippen LogP contribution in [0.4, 0.5) is 5.82 Å². The Morgan fingerprint density at radius 3 is 3.15 bits per heavy atom. The van der Waals surface area contributed by atoms with E-state index in [9.17, 15) is 4.79 Å². The van der Waals surface area contributed by atoms with Crippen LogP contribution in [-0.4, -0.2) is 49.5 Å². The van der Waals surface area contributed by atoms with Gasteiger partial charge in [-0.25, -0.2) is 9.50 Å². The molecule has 26 heavy (non-hydrogen) atoms. The third kappa shape index (κ3) is 3.56. The first-order valence-corrected chi connectivity index (χ1v) is 8.63. The SMILES string of the molecule is Cc1cncc(C=CC(=O)N2CCC(Nc3ccc4nccn4n3)C2)c1. The number of aromatic nitrogens is 4. The predicted molar refractivity (Wildman–Crippen MR) is 99.6 cm³/mol. The molecule has 4 rings (SSSR count). The lowest BCUT2D eigenvalue weighted by atomic mass is 10.2. The average molecular weight is 348 g/mol. The van der Waals surface area contributed by atoms with Gasteiger partial charge in [0.1, 0.15) is 5.82 Å². The summed E-state index contributed by atoms with van der Waals surface area (Å²) >= 11 is 0. The van der Waals surface area contributed by atoms with Crippen molar-refractivity contribution >= 4 is 23.4 Å². The largest absolute Gasteiger partial charge is 0.364 e. The van der Waals surface area contributed by atoms with E-state index in [0.29, 0.717) is 6.54 Å². The minimum absolute atomic E-state index is 0.0221. The summed E-state index contributed by atoms with van der Waals surface area (Å²) < 4.78 is 1.73. The Kier molecular flexibility index (Phi) is 4.35. The maximum absolute atomic E-state index is 12.4. The fourth-order valence-electron chi connectivity index (χ4n) is 3.12. The molecule has 132 valence electrons. The second kappa shape index (κ2) is 6.95. The van der Waals surface area contributed by atoms with E-state index in [0.717, 1.165) is 35.6 Å². The molecule has 0 spiro atoms. The molecule has 1 fully saturated rings. The van der Waals surface area contributed by atoms with Crippen LogP contribution in [0.15, 0.2) is 49.1 Å². The summed E-state index contributed by atoms with van der Waals surface area (Å²) in [6, 6.07) is 6.04. The zero-order valence-corrected chi connectivity index (χ0v) is 14.5. The van der Waals surface area contributed by atoms with E-state index in [1.807, 2.05) is 42.3 Å². The third-order valence-corrected chi connectivity index (χ3v) is 4.42. The lowest BCUT2D eigenvalue weighted by Gasteiger charge is -2.15. The molecule has 1 N–H and O–H groups in total. The lowest BCUT2D eigenvalue weighted by Crippen LogP contribution is -2.30. The summed E-state index contributed by atoms with van der Waals surface area (Å²) in [4.78, 5) is 22.6. The lowest BCUT2D eigenvalue weighted by molar-refractivity contribution is -0.124. The van der Waals surface area contributed by atoms with Crippen LogP contribution >= 0.6 is 0 Å². The standard InChI is InChI=1S/C19H20N6O/c1-14-10-15(12-20-11-14)2-5-19(26)24-8-6-16(13-24)22-17-3-4-18-21-7-9-25(18)23-17/h2-5,7,9-12,16H,6,8,13H2,1H3,(H,22,23). The molecule has 1 aliphatic heterocycles.